The first-order valence-electron chi connectivity index (χ1n) is 9.44. The first-order valence-corrected chi connectivity index (χ1v) is 9.44. The van der Waals surface area contributed by atoms with Gasteiger partial charge in [0.25, 0.3) is 11.6 Å². The lowest BCUT2D eigenvalue weighted by Crippen LogP contribution is -2.31. The smallest absolute Gasteiger partial charge is 0.259 e. The lowest BCUT2D eigenvalue weighted by atomic mass is 10.0. The minimum atomic E-state index is -0.107. The molecule has 4 rings (SSSR count). The number of pyridine rings is 1. The molecule has 29 heavy (non-hydrogen) atoms. The summed E-state index contributed by atoms with van der Waals surface area (Å²) in [4.78, 5) is 19.9. The van der Waals surface area contributed by atoms with E-state index in [1.807, 2.05) is 73.7 Å². The summed E-state index contributed by atoms with van der Waals surface area (Å²) in [7, 11) is 0. The summed E-state index contributed by atoms with van der Waals surface area (Å²) in [5.74, 6) is -0.107. The summed E-state index contributed by atoms with van der Waals surface area (Å²) < 4.78 is 5.41. The van der Waals surface area contributed by atoms with Crippen LogP contribution in [0.4, 0.5) is 0 Å². The fourth-order valence-corrected chi connectivity index (χ4v) is 3.37. The molecule has 5 heteroatoms. The van der Waals surface area contributed by atoms with Gasteiger partial charge in [-0.3, -0.25) is 4.79 Å². The minimum absolute atomic E-state index is 0.107. The average Bonchev–Trinajstić information content (AvgIpc) is 3.14. The summed E-state index contributed by atoms with van der Waals surface area (Å²) in [6.45, 7) is 6.56. The summed E-state index contributed by atoms with van der Waals surface area (Å²) in [6.07, 6.45) is 1.73. The largest absolute Gasteiger partial charge is 0.335 e. The fraction of sp³-hybridized carbons (Fsp3) is 0.125. The topological polar surface area (TPSA) is 59.2 Å². The Balaban J connectivity index is 1.80. The molecule has 0 aliphatic heterocycles. The van der Waals surface area contributed by atoms with Crippen molar-refractivity contribution >= 4 is 17.0 Å². The highest BCUT2D eigenvalue weighted by Gasteiger charge is 2.23. The predicted molar refractivity (Wildman–Crippen MR) is 113 cm³/mol. The molecule has 1 amide bonds. The molecule has 0 radical (unpaired) electrons. The fourth-order valence-electron chi connectivity index (χ4n) is 3.37. The van der Waals surface area contributed by atoms with Crippen LogP contribution in [0.3, 0.4) is 0 Å². The van der Waals surface area contributed by atoms with Crippen LogP contribution in [0.15, 0.2) is 83.9 Å². The number of nitrogens with zero attached hydrogens (tertiary/aromatic N) is 3. The standard InChI is InChI=1S/C24H21N3O2/c1-3-14-27(16-18-10-6-4-7-11-18)24(28)20-15-21(19-12-8-5-9-13-19)25-23-22(20)17(2)26-29-23/h3-13,15H,1,14,16H2,2H3. The number of rotatable bonds is 6. The molecule has 2 aromatic heterocycles. The van der Waals surface area contributed by atoms with Crippen molar-refractivity contribution in [1.29, 1.82) is 0 Å². The SMILES string of the molecule is C=CCN(Cc1ccccc1)C(=O)c1cc(-c2ccccc2)nc2onc(C)c12. The van der Waals surface area contributed by atoms with E-state index >= 15 is 0 Å². The Labute approximate surface area is 169 Å². The monoisotopic (exact) mass is 383 g/mol. The average molecular weight is 383 g/mol. The van der Waals surface area contributed by atoms with Gasteiger partial charge in [0.15, 0.2) is 0 Å². The number of fused-ring (bicyclic) bond motifs is 1. The van der Waals surface area contributed by atoms with Gasteiger partial charge in [0.2, 0.25) is 0 Å². The van der Waals surface area contributed by atoms with E-state index in [9.17, 15) is 4.79 Å². The van der Waals surface area contributed by atoms with Crippen LogP contribution in [0.2, 0.25) is 0 Å². The highest BCUT2D eigenvalue weighted by Crippen LogP contribution is 2.28. The molecule has 0 aliphatic carbocycles. The van der Waals surface area contributed by atoms with Gasteiger partial charge in [-0.05, 0) is 18.6 Å². The maximum absolute atomic E-state index is 13.6. The molecule has 0 saturated heterocycles. The molecule has 0 atom stereocenters. The number of aryl methyl sites for hydroxylation is 1. The van der Waals surface area contributed by atoms with E-state index in [0.717, 1.165) is 11.1 Å². The minimum Gasteiger partial charge on any atom is -0.335 e. The third-order valence-corrected chi connectivity index (χ3v) is 4.77. The third kappa shape index (κ3) is 3.80. The van der Waals surface area contributed by atoms with Crippen molar-refractivity contribution in [2.75, 3.05) is 6.54 Å². The maximum atomic E-state index is 13.6. The molecule has 5 nitrogen and oxygen atoms in total. The van der Waals surface area contributed by atoms with Crippen LogP contribution in [0, 0.1) is 6.92 Å². The van der Waals surface area contributed by atoms with Crippen molar-refractivity contribution in [3.8, 4) is 11.3 Å². The molecule has 0 aliphatic rings. The van der Waals surface area contributed by atoms with E-state index < -0.39 is 0 Å². The van der Waals surface area contributed by atoms with Crippen LogP contribution in [0.1, 0.15) is 21.6 Å². The van der Waals surface area contributed by atoms with Gasteiger partial charge in [-0.1, -0.05) is 71.9 Å². The molecular formula is C24H21N3O2. The first kappa shape index (κ1) is 18.6. The Kier molecular flexibility index (Phi) is 5.20. The molecule has 0 N–H and O–H groups in total. The molecule has 0 fully saturated rings. The van der Waals surface area contributed by atoms with Crippen LogP contribution in [-0.4, -0.2) is 27.5 Å². The number of benzene rings is 2. The number of hydrogen-bond acceptors (Lipinski definition) is 4. The lowest BCUT2D eigenvalue weighted by Gasteiger charge is -2.22. The predicted octanol–water partition coefficient (Wildman–Crippen LogP) is 5.03. The zero-order valence-electron chi connectivity index (χ0n) is 16.2. The molecular weight excluding hydrogens is 362 g/mol. The van der Waals surface area contributed by atoms with E-state index in [4.69, 9.17) is 4.52 Å². The van der Waals surface area contributed by atoms with Crippen LogP contribution in [0.25, 0.3) is 22.4 Å². The number of carbonyl (C=O) groups excluding carboxylic acids is 1. The van der Waals surface area contributed by atoms with Crippen molar-refractivity contribution in [3.63, 3.8) is 0 Å². The van der Waals surface area contributed by atoms with Crippen molar-refractivity contribution in [2.45, 2.75) is 13.5 Å². The van der Waals surface area contributed by atoms with E-state index in [2.05, 4.69) is 16.7 Å². The van der Waals surface area contributed by atoms with E-state index in [1.54, 1.807) is 11.0 Å². The molecule has 0 spiro atoms. The van der Waals surface area contributed by atoms with Gasteiger partial charge in [0.1, 0.15) is 0 Å². The van der Waals surface area contributed by atoms with Gasteiger partial charge in [-0.2, -0.15) is 0 Å². The Hall–Kier alpha value is -3.73. The van der Waals surface area contributed by atoms with Crippen LogP contribution in [-0.2, 0) is 6.54 Å². The zero-order chi connectivity index (χ0) is 20.2. The van der Waals surface area contributed by atoms with Gasteiger partial charge in [0, 0.05) is 18.7 Å². The van der Waals surface area contributed by atoms with Gasteiger partial charge < -0.3 is 9.42 Å². The molecule has 0 unspecified atom stereocenters. The molecule has 144 valence electrons. The van der Waals surface area contributed by atoms with Gasteiger partial charge in [0.05, 0.1) is 22.3 Å². The van der Waals surface area contributed by atoms with Crippen LogP contribution >= 0.6 is 0 Å². The van der Waals surface area contributed by atoms with Crippen LogP contribution < -0.4 is 0 Å². The van der Waals surface area contributed by atoms with Gasteiger partial charge in [-0.25, -0.2) is 4.98 Å². The number of carbonyl (C=O) groups is 1. The Bertz CT molecular complexity index is 1150. The number of amides is 1. The Morgan fingerprint density at radius 2 is 1.79 bits per heavy atom. The Morgan fingerprint density at radius 3 is 2.48 bits per heavy atom. The third-order valence-electron chi connectivity index (χ3n) is 4.77. The normalized spacial score (nSPS) is 10.8. The van der Waals surface area contributed by atoms with E-state index in [-0.39, 0.29) is 5.91 Å². The summed E-state index contributed by atoms with van der Waals surface area (Å²) in [5, 5.41) is 4.68. The number of hydrogen-bond donors (Lipinski definition) is 0. The van der Waals surface area contributed by atoms with Gasteiger partial charge >= 0.3 is 0 Å². The second-order valence-corrected chi connectivity index (χ2v) is 6.83. The second kappa shape index (κ2) is 8.10. The lowest BCUT2D eigenvalue weighted by molar-refractivity contribution is 0.0764. The van der Waals surface area contributed by atoms with Gasteiger partial charge in [-0.15, -0.1) is 6.58 Å². The summed E-state index contributed by atoms with van der Waals surface area (Å²) in [5.41, 5.74) is 4.19. The van der Waals surface area contributed by atoms with Crippen molar-refractivity contribution in [2.24, 2.45) is 0 Å². The molecule has 0 saturated carbocycles. The molecule has 2 heterocycles. The first-order chi connectivity index (χ1) is 14.2. The van der Waals surface area contributed by atoms with Crippen molar-refractivity contribution in [1.82, 2.24) is 15.0 Å². The molecule has 0 bridgehead atoms. The molecule has 4 aromatic rings. The van der Waals surface area contributed by atoms with Crippen LogP contribution in [0.5, 0.6) is 0 Å². The van der Waals surface area contributed by atoms with E-state index in [0.29, 0.717) is 41.1 Å². The summed E-state index contributed by atoms with van der Waals surface area (Å²) in [6, 6.07) is 21.5. The summed E-state index contributed by atoms with van der Waals surface area (Å²) >= 11 is 0. The quantitative estimate of drug-likeness (QED) is 0.438. The second-order valence-electron chi connectivity index (χ2n) is 6.83. The zero-order valence-corrected chi connectivity index (χ0v) is 16.2. The number of aromatic nitrogens is 2. The highest BCUT2D eigenvalue weighted by molar-refractivity contribution is 6.07. The van der Waals surface area contributed by atoms with Crippen molar-refractivity contribution < 1.29 is 9.32 Å². The van der Waals surface area contributed by atoms with E-state index in [1.165, 1.54) is 0 Å². The molecule has 2 aromatic carbocycles. The van der Waals surface area contributed by atoms with Crippen molar-refractivity contribution in [3.05, 3.63) is 96.2 Å². The highest BCUT2D eigenvalue weighted by atomic mass is 16.5. The Morgan fingerprint density at radius 1 is 1.10 bits per heavy atom. The maximum Gasteiger partial charge on any atom is 0.259 e.